The number of aromatic nitrogens is 1. The van der Waals surface area contributed by atoms with E-state index in [1.165, 1.54) is 5.56 Å². The summed E-state index contributed by atoms with van der Waals surface area (Å²) in [5, 5.41) is 10.3. The molecule has 1 heterocycles. The van der Waals surface area contributed by atoms with Gasteiger partial charge in [-0.3, -0.25) is 0 Å². The van der Waals surface area contributed by atoms with Gasteiger partial charge in [-0.1, -0.05) is 52.7 Å². The number of hydrogen-bond acceptors (Lipinski definition) is 4. The molecule has 0 aliphatic rings. The van der Waals surface area contributed by atoms with Crippen LogP contribution in [0.4, 0.5) is 0 Å². The Hall–Kier alpha value is -2.71. The van der Waals surface area contributed by atoms with E-state index in [4.69, 9.17) is 15.9 Å². The molecular formula is C29H41NO4. The molecule has 186 valence electrons. The zero-order valence-electron chi connectivity index (χ0n) is 22.1. The molecule has 0 aliphatic carbocycles. The minimum absolute atomic E-state index is 0.240. The van der Waals surface area contributed by atoms with Crippen LogP contribution in [0.2, 0.25) is 0 Å². The Balaban J connectivity index is 2.45. The SMILES string of the molecule is C#CC(C)OC(=O)c1ccc(C(CC)(CC)c2ccc(OCC(O)C(C)(C)C)c(C)c2)n1CC. The first-order chi connectivity index (χ1) is 15.9. The number of ether oxygens (including phenoxy) is 2. The summed E-state index contributed by atoms with van der Waals surface area (Å²) in [6.07, 6.45) is 5.99. The zero-order valence-corrected chi connectivity index (χ0v) is 22.1. The molecule has 1 N–H and O–H groups in total. The van der Waals surface area contributed by atoms with Crippen molar-refractivity contribution in [2.45, 2.75) is 92.4 Å². The average Bonchev–Trinajstić information content (AvgIpc) is 3.23. The van der Waals surface area contributed by atoms with Gasteiger partial charge >= 0.3 is 5.97 Å². The summed E-state index contributed by atoms with van der Waals surface area (Å²) in [4.78, 5) is 12.8. The Morgan fingerprint density at radius 2 is 1.79 bits per heavy atom. The van der Waals surface area contributed by atoms with Crippen LogP contribution >= 0.6 is 0 Å². The van der Waals surface area contributed by atoms with Crippen LogP contribution < -0.4 is 4.74 Å². The molecule has 5 nitrogen and oxygen atoms in total. The number of benzene rings is 1. The molecule has 1 aromatic heterocycles. The van der Waals surface area contributed by atoms with Crippen molar-refractivity contribution >= 4 is 5.97 Å². The molecule has 0 saturated heterocycles. The molecule has 2 aromatic rings. The van der Waals surface area contributed by atoms with Gasteiger partial charge in [0.25, 0.3) is 0 Å². The molecule has 1 aromatic carbocycles. The van der Waals surface area contributed by atoms with Crippen LogP contribution in [0.25, 0.3) is 0 Å². The molecule has 5 heteroatoms. The van der Waals surface area contributed by atoms with E-state index in [9.17, 15) is 9.90 Å². The summed E-state index contributed by atoms with van der Waals surface area (Å²) in [6, 6.07) is 10.1. The number of esters is 1. The molecule has 2 unspecified atom stereocenters. The quantitative estimate of drug-likeness (QED) is 0.350. The van der Waals surface area contributed by atoms with Crippen molar-refractivity contribution in [2.24, 2.45) is 5.41 Å². The standard InChI is InChI=1S/C29H41NO4/c1-10-21(6)34-27(32)23-15-17-25(30(23)13-4)29(11-2,12-3)22-14-16-24(20(5)18-22)33-19-26(31)28(7,8)9/h1,14-18,21,26,31H,11-13,19H2,2-9H3. The molecule has 0 aliphatic heterocycles. The largest absolute Gasteiger partial charge is 0.491 e. The van der Waals surface area contributed by atoms with Crippen molar-refractivity contribution in [3.05, 3.63) is 52.8 Å². The van der Waals surface area contributed by atoms with E-state index in [2.05, 4.69) is 31.9 Å². The molecule has 0 bridgehead atoms. The maximum atomic E-state index is 12.8. The van der Waals surface area contributed by atoms with Crippen molar-refractivity contribution in [2.75, 3.05) is 6.61 Å². The second kappa shape index (κ2) is 11.1. The van der Waals surface area contributed by atoms with Gasteiger partial charge in [0.2, 0.25) is 0 Å². The number of aliphatic hydroxyl groups excluding tert-OH is 1. The Bertz CT molecular complexity index is 1020. The molecule has 0 spiro atoms. The third kappa shape index (κ3) is 5.67. The first-order valence-electron chi connectivity index (χ1n) is 12.2. The van der Waals surface area contributed by atoms with Crippen LogP contribution in [-0.2, 0) is 16.7 Å². The predicted molar refractivity (Wildman–Crippen MR) is 137 cm³/mol. The van der Waals surface area contributed by atoms with Crippen LogP contribution in [0.3, 0.4) is 0 Å². The number of aliphatic hydroxyl groups is 1. The zero-order chi connectivity index (χ0) is 25.7. The normalized spacial score (nSPS) is 13.8. The van der Waals surface area contributed by atoms with E-state index >= 15 is 0 Å². The van der Waals surface area contributed by atoms with Gasteiger partial charge in [0, 0.05) is 17.7 Å². The lowest BCUT2D eigenvalue weighted by Gasteiger charge is -2.34. The average molecular weight is 468 g/mol. The summed E-state index contributed by atoms with van der Waals surface area (Å²) in [6.45, 7) is 17.0. The van der Waals surface area contributed by atoms with Gasteiger partial charge in [0.15, 0.2) is 6.10 Å². The van der Waals surface area contributed by atoms with Gasteiger partial charge < -0.3 is 19.1 Å². The minimum Gasteiger partial charge on any atom is -0.491 e. The fourth-order valence-electron chi connectivity index (χ4n) is 4.36. The van der Waals surface area contributed by atoms with Crippen molar-refractivity contribution in [1.29, 1.82) is 0 Å². The maximum absolute atomic E-state index is 12.8. The first kappa shape index (κ1) is 27.5. The first-order valence-corrected chi connectivity index (χ1v) is 12.2. The Labute approximate surface area is 205 Å². The van der Waals surface area contributed by atoms with Gasteiger partial charge in [0.05, 0.1) is 6.10 Å². The molecule has 0 fully saturated rings. The van der Waals surface area contributed by atoms with Crippen molar-refractivity contribution in [3.8, 4) is 18.1 Å². The Morgan fingerprint density at radius 3 is 2.29 bits per heavy atom. The van der Waals surface area contributed by atoms with E-state index in [1.54, 1.807) is 6.92 Å². The summed E-state index contributed by atoms with van der Waals surface area (Å²) < 4.78 is 13.4. The van der Waals surface area contributed by atoms with Crippen LogP contribution in [0.1, 0.15) is 88.6 Å². The number of carbonyl (C=O) groups excluding carboxylic acids is 1. The molecule has 2 atom stereocenters. The number of rotatable bonds is 10. The predicted octanol–water partition coefficient (Wildman–Crippen LogP) is 5.89. The molecule has 0 saturated carbocycles. The third-order valence-electron chi connectivity index (χ3n) is 6.85. The Morgan fingerprint density at radius 1 is 1.15 bits per heavy atom. The summed E-state index contributed by atoms with van der Waals surface area (Å²) in [5.74, 6) is 2.81. The second-order valence-electron chi connectivity index (χ2n) is 10.0. The molecular weight excluding hydrogens is 426 g/mol. The number of terminal acetylenes is 1. The van der Waals surface area contributed by atoms with Crippen LogP contribution in [-0.4, -0.2) is 34.5 Å². The lowest BCUT2D eigenvalue weighted by Crippen LogP contribution is -2.32. The lowest BCUT2D eigenvalue weighted by atomic mass is 9.72. The Kier molecular flexibility index (Phi) is 9.02. The highest BCUT2D eigenvalue weighted by Gasteiger charge is 2.35. The summed E-state index contributed by atoms with van der Waals surface area (Å²) in [5.41, 5.74) is 3.26. The number of aryl methyl sites for hydroxylation is 1. The highest BCUT2D eigenvalue weighted by molar-refractivity contribution is 5.88. The van der Waals surface area contributed by atoms with E-state index in [0.29, 0.717) is 12.2 Å². The highest BCUT2D eigenvalue weighted by atomic mass is 16.5. The topological polar surface area (TPSA) is 60.7 Å². The fraction of sp³-hybridized carbons (Fsp3) is 0.552. The van der Waals surface area contributed by atoms with E-state index in [0.717, 1.165) is 29.8 Å². The summed E-state index contributed by atoms with van der Waals surface area (Å²) >= 11 is 0. The second-order valence-corrected chi connectivity index (χ2v) is 10.0. The van der Waals surface area contributed by atoms with E-state index in [-0.39, 0.29) is 17.4 Å². The van der Waals surface area contributed by atoms with Crippen LogP contribution in [0, 0.1) is 24.7 Å². The number of carbonyl (C=O) groups is 1. The van der Waals surface area contributed by atoms with Crippen LogP contribution in [0.5, 0.6) is 5.75 Å². The number of hydrogen-bond donors (Lipinski definition) is 1. The smallest absolute Gasteiger partial charge is 0.356 e. The van der Waals surface area contributed by atoms with Gasteiger partial charge in [-0.2, -0.15) is 0 Å². The summed E-state index contributed by atoms with van der Waals surface area (Å²) in [7, 11) is 0. The molecule has 34 heavy (non-hydrogen) atoms. The third-order valence-corrected chi connectivity index (χ3v) is 6.85. The molecule has 0 radical (unpaired) electrons. The van der Waals surface area contributed by atoms with E-state index in [1.807, 2.05) is 57.4 Å². The van der Waals surface area contributed by atoms with Crippen molar-refractivity contribution in [3.63, 3.8) is 0 Å². The molecule has 2 rings (SSSR count). The van der Waals surface area contributed by atoms with E-state index < -0.39 is 18.2 Å². The van der Waals surface area contributed by atoms with Gasteiger partial charge in [-0.25, -0.2) is 4.79 Å². The number of nitrogens with zero attached hydrogens (tertiary/aromatic N) is 1. The molecule has 0 amide bonds. The van der Waals surface area contributed by atoms with Crippen molar-refractivity contribution < 1.29 is 19.4 Å². The fourth-order valence-corrected chi connectivity index (χ4v) is 4.36. The van der Waals surface area contributed by atoms with Gasteiger partial charge in [-0.05, 0) is 68.4 Å². The van der Waals surface area contributed by atoms with Gasteiger partial charge in [-0.15, -0.1) is 6.42 Å². The maximum Gasteiger partial charge on any atom is 0.356 e. The highest BCUT2D eigenvalue weighted by Crippen LogP contribution is 2.41. The van der Waals surface area contributed by atoms with Gasteiger partial charge in [0.1, 0.15) is 18.1 Å². The lowest BCUT2D eigenvalue weighted by molar-refractivity contribution is 0.0216. The van der Waals surface area contributed by atoms with Crippen LogP contribution in [0.15, 0.2) is 30.3 Å². The van der Waals surface area contributed by atoms with Crippen molar-refractivity contribution in [1.82, 2.24) is 4.57 Å². The monoisotopic (exact) mass is 467 g/mol. The minimum atomic E-state index is -0.578.